The van der Waals surface area contributed by atoms with E-state index in [0.717, 1.165) is 40.3 Å². The zero-order valence-corrected chi connectivity index (χ0v) is 21.8. The van der Waals surface area contributed by atoms with Gasteiger partial charge in [-0.2, -0.15) is 0 Å². The molecular formula is C30H36N2O3S. The molecule has 0 aliphatic heterocycles. The summed E-state index contributed by atoms with van der Waals surface area (Å²) in [5, 5.41) is 12.0. The summed E-state index contributed by atoms with van der Waals surface area (Å²) in [6, 6.07) is 25.8. The lowest BCUT2D eigenvalue weighted by Crippen LogP contribution is -2.41. The third-order valence-electron chi connectivity index (χ3n) is 5.93. The number of rotatable bonds is 14. The number of nitrogens with one attached hydrogen (secondary N) is 1. The average molecular weight is 505 g/mol. The molecule has 0 aliphatic rings. The van der Waals surface area contributed by atoms with Crippen LogP contribution in [0.15, 0.2) is 88.7 Å². The molecule has 6 heteroatoms. The molecule has 0 bridgehead atoms. The maximum Gasteiger partial charge on any atom is 0.321 e. The SMILES string of the molecule is CCCCCCCN(C(=O)NCCc1ccccc1)c1ccc(Sc2ccc(CC(=O)O)cc2)cc1. The quantitative estimate of drug-likeness (QED) is 0.228. The first-order valence-electron chi connectivity index (χ1n) is 12.7. The van der Waals surface area contributed by atoms with Crippen LogP contribution in [0.3, 0.4) is 0 Å². The van der Waals surface area contributed by atoms with E-state index in [9.17, 15) is 9.59 Å². The summed E-state index contributed by atoms with van der Waals surface area (Å²) >= 11 is 1.62. The molecule has 5 nitrogen and oxygen atoms in total. The number of anilines is 1. The van der Waals surface area contributed by atoms with Crippen molar-refractivity contribution in [1.82, 2.24) is 5.32 Å². The number of unbranched alkanes of at least 4 members (excludes halogenated alkanes) is 4. The van der Waals surface area contributed by atoms with Crippen LogP contribution in [0, 0.1) is 0 Å². The lowest BCUT2D eigenvalue weighted by atomic mass is 10.1. The molecule has 0 unspecified atom stereocenters. The lowest BCUT2D eigenvalue weighted by Gasteiger charge is -2.24. The first kappa shape index (κ1) is 27.3. The molecule has 3 aromatic rings. The number of carboxylic acid groups (broad SMARTS) is 1. The fourth-order valence-corrected chi connectivity index (χ4v) is 4.77. The van der Waals surface area contributed by atoms with Crippen LogP contribution in [0.25, 0.3) is 0 Å². The standard InChI is InChI=1S/C30H36N2O3S/c1-2-3-4-5-9-22-32(30(35)31-21-20-24-10-7-6-8-11-24)26-14-18-28(19-15-26)36-27-16-12-25(13-17-27)23-29(33)34/h6-8,10-19H,2-5,9,20-23H2,1H3,(H,31,35)(H,33,34). The maximum atomic E-state index is 13.1. The summed E-state index contributed by atoms with van der Waals surface area (Å²) in [5.74, 6) is -0.829. The van der Waals surface area contributed by atoms with Crippen LogP contribution in [0.4, 0.5) is 10.5 Å². The summed E-state index contributed by atoms with van der Waals surface area (Å²) in [6.07, 6.45) is 6.55. The van der Waals surface area contributed by atoms with Gasteiger partial charge in [0, 0.05) is 28.6 Å². The fraction of sp³-hybridized carbons (Fsp3) is 0.333. The number of nitrogens with zero attached hydrogens (tertiary/aromatic N) is 1. The highest BCUT2D eigenvalue weighted by Crippen LogP contribution is 2.30. The van der Waals surface area contributed by atoms with Gasteiger partial charge in [0.05, 0.1) is 6.42 Å². The first-order valence-corrected chi connectivity index (χ1v) is 13.5. The summed E-state index contributed by atoms with van der Waals surface area (Å²) < 4.78 is 0. The molecule has 0 saturated carbocycles. The lowest BCUT2D eigenvalue weighted by molar-refractivity contribution is -0.136. The van der Waals surface area contributed by atoms with Gasteiger partial charge in [-0.25, -0.2) is 4.79 Å². The number of carbonyl (C=O) groups is 2. The zero-order valence-electron chi connectivity index (χ0n) is 21.0. The zero-order chi connectivity index (χ0) is 25.6. The number of carboxylic acids is 1. The third kappa shape index (κ3) is 9.42. The Bertz CT molecular complexity index is 1070. The van der Waals surface area contributed by atoms with E-state index < -0.39 is 5.97 Å². The van der Waals surface area contributed by atoms with Crippen molar-refractivity contribution < 1.29 is 14.7 Å². The molecular weight excluding hydrogens is 468 g/mol. The summed E-state index contributed by atoms with van der Waals surface area (Å²) in [4.78, 5) is 27.9. The summed E-state index contributed by atoms with van der Waals surface area (Å²) in [6.45, 7) is 3.50. The molecule has 0 saturated heterocycles. The second-order valence-corrected chi connectivity index (χ2v) is 9.99. The Labute approximate surface area is 218 Å². The van der Waals surface area contributed by atoms with E-state index in [-0.39, 0.29) is 12.5 Å². The van der Waals surface area contributed by atoms with Crippen molar-refractivity contribution in [3.63, 3.8) is 0 Å². The Morgan fingerprint density at radius 1 is 0.806 bits per heavy atom. The molecule has 2 amide bonds. The normalized spacial score (nSPS) is 10.7. The molecule has 0 fully saturated rings. The van der Waals surface area contributed by atoms with Gasteiger partial charge in [-0.05, 0) is 60.4 Å². The minimum absolute atomic E-state index is 0.0291. The Morgan fingerprint density at radius 3 is 2.08 bits per heavy atom. The van der Waals surface area contributed by atoms with Crippen LogP contribution in [0.5, 0.6) is 0 Å². The Hall–Kier alpha value is -3.25. The highest BCUT2D eigenvalue weighted by molar-refractivity contribution is 7.99. The molecule has 0 radical (unpaired) electrons. The molecule has 3 rings (SSSR count). The van der Waals surface area contributed by atoms with Crippen molar-refractivity contribution in [1.29, 1.82) is 0 Å². The summed E-state index contributed by atoms with van der Waals surface area (Å²) in [7, 11) is 0. The summed E-state index contributed by atoms with van der Waals surface area (Å²) in [5.41, 5.74) is 2.89. The number of hydrogen-bond acceptors (Lipinski definition) is 3. The van der Waals surface area contributed by atoms with E-state index in [4.69, 9.17) is 5.11 Å². The van der Waals surface area contributed by atoms with Gasteiger partial charge in [-0.1, -0.05) is 86.8 Å². The number of aliphatic carboxylic acids is 1. The van der Waals surface area contributed by atoms with Gasteiger partial charge >= 0.3 is 12.0 Å². The van der Waals surface area contributed by atoms with E-state index in [1.165, 1.54) is 24.8 Å². The van der Waals surface area contributed by atoms with E-state index in [2.05, 4.69) is 24.4 Å². The van der Waals surface area contributed by atoms with Gasteiger partial charge < -0.3 is 10.4 Å². The van der Waals surface area contributed by atoms with Crippen LogP contribution in [0.1, 0.15) is 50.2 Å². The van der Waals surface area contributed by atoms with Gasteiger partial charge in [0.2, 0.25) is 0 Å². The molecule has 36 heavy (non-hydrogen) atoms. The van der Waals surface area contributed by atoms with Crippen molar-refractivity contribution >= 4 is 29.4 Å². The number of urea groups is 1. The third-order valence-corrected chi connectivity index (χ3v) is 6.94. The van der Waals surface area contributed by atoms with E-state index in [0.29, 0.717) is 13.1 Å². The number of carbonyl (C=O) groups excluding carboxylic acids is 1. The van der Waals surface area contributed by atoms with Gasteiger partial charge in [0.1, 0.15) is 0 Å². The second kappa shape index (κ2) is 15.0. The molecule has 3 aromatic carbocycles. The van der Waals surface area contributed by atoms with Gasteiger partial charge in [-0.15, -0.1) is 0 Å². The van der Waals surface area contributed by atoms with Crippen molar-refractivity contribution in [2.75, 3.05) is 18.0 Å². The van der Waals surface area contributed by atoms with Gasteiger partial charge in [0.15, 0.2) is 0 Å². The highest BCUT2D eigenvalue weighted by Gasteiger charge is 2.15. The number of hydrogen-bond donors (Lipinski definition) is 2. The van der Waals surface area contributed by atoms with E-state index in [1.807, 2.05) is 71.6 Å². The van der Waals surface area contributed by atoms with Crippen LogP contribution in [-0.4, -0.2) is 30.2 Å². The fourth-order valence-electron chi connectivity index (χ4n) is 3.96. The van der Waals surface area contributed by atoms with Gasteiger partial charge in [-0.3, -0.25) is 9.69 Å². The monoisotopic (exact) mass is 504 g/mol. The minimum Gasteiger partial charge on any atom is -0.481 e. The van der Waals surface area contributed by atoms with Crippen molar-refractivity contribution in [2.24, 2.45) is 0 Å². The van der Waals surface area contributed by atoms with Crippen molar-refractivity contribution in [3.05, 3.63) is 90.0 Å². The predicted molar refractivity (Wildman–Crippen MR) is 148 cm³/mol. The Balaban J connectivity index is 1.61. The molecule has 0 spiro atoms. The maximum absolute atomic E-state index is 13.1. The Kier molecular flexibility index (Phi) is 11.4. The molecule has 2 N–H and O–H groups in total. The molecule has 0 aliphatic carbocycles. The largest absolute Gasteiger partial charge is 0.481 e. The topological polar surface area (TPSA) is 69.6 Å². The van der Waals surface area contributed by atoms with Crippen LogP contribution < -0.4 is 10.2 Å². The van der Waals surface area contributed by atoms with Crippen molar-refractivity contribution in [3.8, 4) is 0 Å². The van der Waals surface area contributed by atoms with E-state index >= 15 is 0 Å². The molecule has 0 aromatic heterocycles. The van der Waals surface area contributed by atoms with Crippen molar-refractivity contribution in [2.45, 2.75) is 61.7 Å². The first-order chi connectivity index (χ1) is 17.5. The minimum atomic E-state index is -0.829. The van der Waals surface area contributed by atoms with E-state index in [1.54, 1.807) is 11.8 Å². The number of benzene rings is 3. The molecule has 0 atom stereocenters. The highest BCUT2D eigenvalue weighted by atomic mass is 32.2. The predicted octanol–water partition coefficient (Wildman–Crippen LogP) is 7.19. The second-order valence-electron chi connectivity index (χ2n) is 8.84. The average Bonchev–Trinajstić information content (AvgIpc) is 2.88. The van der Waals surface area contributed by atoms with Crippen LogP contribution in [0.2, 0.25) is 0 Å². The molecule has 190 valence electrons. The number of amides is 2. The smallest absolute Gasteiger partial charge is 0.321 e. The van der Waals surface area contributed by atoms with Crippen LogP contribution in [-0.2, 0) is 17.6 Å². The molecule has 0 heterocycles. The van der Waals surface area contributed by atoms with Crippen LogP contribution >= 0.6 is 11.8 Å². The Morgan fingerprint density at radius 2 is 1.44 bits per heavy atom. The van der Waals surface area contributed by atoms with Gasteiger partial charge in [0.25, 0.3) is 0 Å².